The zero-order valence-corrected chi connectivity index (χ0v) is 12.5. The van der Waals surface area contributed by atoms with Crippen molar-refractivity contribution in [2.75, 3.05) is 5.32 Å². The van der Waals surface area contributed by atoms with Gasteiger partial charge in [0.05, 0.1) is 16.3 Å². The molecule has 0 unspecified atom stereocenters. The van der Waals surface area contributed by atoms with Gasteiger partial charge in [-0.25, -0.2) is 4.39 Å². The maximum atomic E-state index is 12.9. The first-order chi connectivity index (χ1) is 8.97. The second-order valence-electron chi connectivity index (χ2n) is 3.70. The highest BCUT2D eigenvalue weighted by Crippen LogP contribution is 2.26. The van der Waals surface area contributed by atoms with Crippen molar-refractivity contribution in [1.29, 1.82) is 0 Å². The van der Waals surface area contributed by atoms with E-state index in [1.807, 2.05) is 0 Å². The van der Waals surface area contributed by atoms with Crippen LogP contribution in [0.5, 0.6) is 0 Å². The van der Waals surface area contributed by atoms with Crippen LogP contribution in [-0.4, -0.2) is 5.91 Å². The summed E-state index contributed by atoms with van der Waals surface area (Å²) >= 11 is 14.9. The molecule has 0 spiro atoms. The van der Waals surface area contributed by atoms with E-state index in [1.54, 1.807) is 6.07 Å². The largest absolute Gasteiger partial charge is 0.321 e. The third-order valence-electron chi connectivity index (χ3n) is 2.36. The van der Waals surface area contributed by atoms with Crippen molar-refractivity contribution < 1.29 is 9.18 Å². The van der Waals surface area contributed by atoms with Gasteiger partial charge in [0.25, 0.3) is 5.91 Å². The highest BCUT2D eigenvalue weighted by molar-refractivity contribution is 9.10. The van der Waals surface area contributed by atoms with E-state index in [0.29, 0.717) is 20.7 Å². The molecule has 2 nitrogen and oxygen atoms in total. The van der Waals surface area contributed by atoms with Crippen LogP contribution in [0.4, 0.5) is 10.1 Å². The predicted octanol–water partition coefficient (Wildman–Crippen LogP) is 5.15. The number of anilines is 1. The van der Waals surface area contributed by atoms with E-state index in [-0.39, 0.29) is 5.02 Å². The van der Waals surface area contributed by atoms with E-state index in [9.17, 15) is 9.18 Å². The fourth-order valence-corrected chi connectivity index (χ4v) is 2.40. The summed E-state index contributed by atoms with van der Waals surface area (Å²) in [5, 5.41) is 3.34. The van der Waals surface area contributed by atoms with Gasteiger partial charge in [0.2, 0.25) is 0 Å². The van der Waals surface area contributed by atoms with Crippen LogP contribution < -0.4 is 5.32 Å². The molecule has 0 saturated carbocycles. The molecule has 0 saturated heterocycles. The van der Waals surface area contributed by atoms with Gasteiger partial charge in [0.15, 0.2) is 0 Å². The molecule has 0 radical (unpaired) electrons. The molecule has 0 fully saturated rings. The van der Waals surface area contributed by atoms with Crippen molar-refractivity contribution in [3.8, 4) is 0 Å². The Bertz CT molecular complexity index is 649. The highest BCUT2D eigenvalue weighted by Gasteiger charge is 2.12. The van der Waals surface area contributed by atoms with E-state index in [2.05, 4.69) is 21.2 Å². The van der Waals surface area contributed by atoms with Crippen molar-refractivity contribution >= 4 is 50.7 Å². The average Bonchev–Trinajstić information content (AvgIpc) is 2.32. The van der Waals surface area contributed by atoms with Gasteiger partial charge in [-0.3, -0.25) is 4.79 Å². The molecule has 0 aliphatic rings. The minimum Gasteiger partial charge on any atom is -0.321 e. The van der Waals surface area contributed by atoms with Gasteiger partial charge < -0.3 is 5.32 Å². The Morgan fingerprint density at radius 2 is 1.89 bits per heavy atom. The predicted molar refractivity (Wildman–Crippen MR) is 78.5 cm³/mol. The number of hydrogen-bond donors (Lipinski definition) is 1. The lowest BCUT2D eigenvalue weighted by atomic mass is 10.2. The lowest BCUT2D eigenvalue weighted by Crippen LogP contribution is -2.12. The first-order valence-corrected chi connectivity index (χ1v) is 6.74. The molecule has 0 atom stereocenters. The Morgan fingerprint density at radius 1 is 1.16 bits per heavy atom. The lowest BCUT2D eigenvalue weighted by Gasteiger charge is -2.08. The Balaban J connectivity index is 2.25. The Morgan fingerprint density at radius 3 is 2.53 bits per heavy atom. The second kappa shape index (κ2) is 5.90. The number of halogens is 4. The summed E-state index contributed by atoms with van der Waals surface area (Å²) in [5.41, 5.74) is 0.750. The van der Waals surface area contributed by atoms with Crippen LogP contribution in [0.25, 0.3) is 0 Å². The molecule has 0 aromatic heterocycles. The molecular formula is C13H7BrCl2FNO. The molecule has 2 aromatic carbocycles. The van der Waals surface area contributed by atoms with Gasteiger partial charge in [-0.1, -0.05) is 23.2 Å². The number of rotatable bonds is 2. The summed E-state index contributed by atoms with van der Waals surface area (Å²) in [6, 6.07) is 8.56. The van der Waals surface area contributed by atoms with E-state index >= 15 is 0 Å². The Labute approximate surface area is 127 Å². The average molecular weight is 363 g/mol. The normalized spacial score (nSPS) is 10.3. The highest BCUT2D eigenvalue weighted by atomic mass is 79.9. The van der Waals surface area contributed by atoms with Gasteiger partial charge >= 0.3 is 0 Å². The summed E-state index contributed by atoms with van der Waals surface area (Å²) < 4.78 is 13.4. The van der Waals surface area contributed by atoms with Crippen LogP contribution in [0.15, 0.2) is 40.9 Å². The summed E-state index contributed by atoms with van der Waals surface area (Å²) in [4.78, 5) is 12.0. The Kier molecular flexibility index (Phi) is 4.45. The number of carbonyl (C=O) groups is 1. The number of benzene rings is 2. The SMILES string of the molecule is O=C(Nc1ccc(F)cc1Br)c1ccc(Cl)cc1Cl. The number of carbonyl (C=O) groups excluding carboxylic acids is 1. The molecule has 0 aliphatic carbocycles. The zero-order chi connectivity index (χ0) is 14.0. The standard InChI is InChI=1S/C13H7BrCl2FNO/c14-10-6-8(17)2-4-12(10)18-13(19)9-3-1-7(15)5-11(9)16/h1-6H,(H,18,19). The van der Waals surface area contributed by atoms with Gasteiger partial charge in [-0.15, -0.1) is 0 Å². The minimum absolute atomic E-state index is 0.253. The molecule has 0 heterocycles. The van der Waals surface area contributed by atoms with Gasteiger partial charge in [-0.2, -0.15) is 0 Å². The van der Waals surface area contributed by atoms with Crippen molar-refractivity contribution in [2.24, 2.45) is 0 Å². The van der Waals surface area contributed by atoms with Gasteiger partial charge in [0, 0.05) is 9.50 Å². The van der Waals surface area contributed by atoms with E-state index < -0.39 is 11.7 Å². The molecule has 0 aliphatic heterocycles. The number of nitrogens with one attached hydrogen (secondary N) is 1. The summed E-state index contributed by atoms with van der Waals surface area (Å²) in [7, 11) is 0. The first kappa shape index (κ1) is 14.3. The molecule has 1 N–H and O–H groups in total. The van der Waals surface area contributed by atoms with Crippen LogP contribution in [0, 0.1) is 5.82 Å². The molecule has 19 heavy (non-hydrogen) atoms. The van der Waals surface area contributed by atoms with Crippen molar-refractivity contribution in [2.45, 2.75) is 0 Å². The monoisotopic (exact) mass is 361 g/mol. The molecule has 2 rings (SSSR count). The van der Waals surface area contributed by atoms with Crippen molar-refractivity contribution in [3.05, 3.63) is 62.3 Å². The van der Waals surface area contributed by atoms with Crippen molar-refractivity contribution in [3.63, 3.8) is 0 Å². The number of amides is 1. The summed E-state index contributed by atoms with van der Waals surface area (Å²) in [6.45, 7) is 0. The van der Waals surface area contributed by atoms with Crippen molar-refractivity contribution in [1.82, 2.24) is 0 Å². The van der Waals surface area contributed by atoms with Gasteiger partial charge in [0.1, 0.15) is 5.82 Å². The maximum absolute atomic E-state index is 12.9. The Hall–Kier alpha value is -1.10. The van der Waals surface area contributed by atoms with Gasteiger partial charge in [-0.05, 0) is 52.3 Å². The second-order valence-corrected chi connectivity index (χ2v) is 5.40. The topological polar surface area (TPSA) is 29.1 Å². The maximum Gasteiger partial charge on any atom is 0.257 e. The number of hydrogen-bond acceptors (Lipinski definition) is 1. The van der Waals surface area contributed by atoms with Crippen LogP contribution >= 0.6 is 39.1 Å². The molecular weight excluding hydrogens is 356 g/mol. The molecule has 6 heteroatoms. The van der Waals surface area contributed by atoms with Crippen LogP contribution in [0.3, 0.4) is 0 Å². The fourth-order valence-electron chi connectivity index (χ4n) is 1.45. The van der Waals surface area contributed by atoms with Crippen LogP contribution in [0.1, 0.15) is 10.4 Å². The third-order valence-corrected chi connectivity index (χ3v) is 3.56. The molecule has 98 valence electrons. The van der Waals surface area contributed by atoms with E-state index in [0.717, 1.165) is 0 Å². The lowest BCUT2D eigenvalue weighted by molar-refractivity contribution is 0.102. The molecule has 0 bridgehead atoms. The quantitative estimate of drug-likeness (QED) is 0.786. The minimum atomic E-state index is -0.394. The molecule has 2 aromatic rings. The molecule has 1 amide bonds. The van der Waals surface area contributed by atoms with E-state index in [1.165, 1.54) is 30.3 Å². The summed E-state index contributed by atoms with van der Waals surface area (Å²) in [5.74, 6) is -0.789. The van der Waals surface area contributed by atoms with E-state index in [4.69, 9.17) is 23.2 Å². The third kappa shape index (κ3) is 3.47. The first-order valence-electron chi connectivity index (χ1n) is 5.19. The smallest absolute Gasteiger partial charge is 0.257 e. The zero-order valence-electron chi connectivity index (χ0n) is 9.38. The fraction of sp³-hybridized carbons (Fsp3) is 0. The van der Waals surface area contributed by atoms with Crippen LogP contribution in [0.2, 0.25) is 10.0 Å². The van der Waals surface area contributed by atoms with Crippen LogP contribution in [-0.2, 0) is 0 Å². The summed E-state index contributed by atoms with van der Waals surface area (Å²) in [6.07, 6.45) is 0.